The molecule has 1 aromatic heterocycles. The van der Waals surface area contributed by atoms with Gasteiger partial charge in [0.25, 0.3) is 5.91 Å². The molecule has 0 spiro atoms. The Hall–Kier alpha value is -3.53. The molecule has 0 bridgehead atoms. The number of hydrogen-bond donors (Lipinski definition) is 1. The molecule has 1 fully saturated rings. The number of carbonyl (C=O) groups is 1. The lowest BCUT2D eigenvalue weighted by atomic mass is 9.76. The van der Waals surface area contributed by atoms with Gasteiger partial charge < -0.3 is 14.8 Å². The first-order valence-electron chi connectivity index (χ1n) is 14.1. The van der Waals surface area contributed by atoms with Crippen LogP contribution in [0.4, 0.5) is 5.69 Å². The lowest BCUT2D eigenvalue weighted by Crippen LogP contribution is -2.33. The summed E-state index contributed by atoms with van der Waals surface area (Å²) in [5.74, 6) is 0.988. The van der Waals surface area contributed by atoms with E-state index in [1.54, 1.807) is 0 Å². The van der Waals surface area contributed by atoms with Gasteiger partial charge >= 0.3 is 0 Å². The van der Waals surface area contributed by atoms with E-state index in [0.717, 1.165) is 44.5 Å². The van der Waals surface area contributed by atoms with Gasteiger partial charge in [0.05, 0.1) is 6.04 Å². The Kier molecular flexibility index (Phi) is 5.57. The minimum atomic E-state index is 0.197. The average Bonchev–Trinajstić information content (AvgIpc) is 3.45. The van der Waals surface area contributed by atoms with Crippen molar-refractivity contribution in [2.24, 2.45) is 5.92 Å². The van der Waals surface area contributed by atoms with Crippen LogP contribution in [0.2, 0.25) is 0 Å². The summed E-state index contributed by atoms with van der Waals surface area (Å²) < 4.78 is 2.42. The van der Waals surface area contributed by atoms with Crippen molar-refractivity contribution in [3.8, 4) is 0 Å². The molecule has 3 heterocycles. The monoisotopic (exact) mass is 489 g/mol. The molecule has 0 radical (unpaired) electrons. The molecular weight excluding hydrogens is 454 g/mol. The van der Waals surface area contributed by atoms with Gasteiger partial charge in [-0.1, -0.05) is 49.3 Å². The molecule has 4 aromatic rings. The minimum absolute atomic E-state index is 0.197. The maximum atomic E-state index is 13.4. The molecule has 1 N–H and O–H groups in total. The van der Waals surface area contributed by atoms with Crippen LogP contribution in [0.1, 0.15) is 72.5 Å². The van der Waals surface area contributed by atoms with Gasteiger partial charge in [-0.05, 0) is 79.6 Å². The minimum Gasteiger partial charge on any atom is -0.378 e. The van der Waals surface area contributed by atoms with Crippen LogP contribution in [-0.2, 0) is 6.54 Å². The molecule has 1 aliphatic carbocycles. The molecule has 3 unspecified atom stereocenters. The molecule has 37 heavy (non-hydrogen) atoms. The van der Waals surface area contributed by atoms with Crippen molar-refractivity contribution in [3.63, 3.8) is 0 Å². The summed E-state index contributed by atoms with van der Waals surface area (Å²) in [7, 11) is 0. The predicted octanol–water partition coefficient (Wildman–Crippen LogP) is 7.66. The summed E-state index contributed by atoms with van der Waals surface area (Å²) in [6.07, 6.45) is 10.5. The molecule has 4 heteroatoms. The van der Waals surface area contributed by atoms with E-state index in [4.69, 9.17) is 0 Å². The number of hydrogen-bond acceptors (Lipinski definition) is 2. The van der Waals surface area contributed by atoms with E-state index < -0.39 is 0 Å². The van der Waals surface area contributed by atoms with E-state index in [-0.39, 0.29) is 11.9 Å². The van der Waals surface area contributed by atoms with Crippen LogP contribution in [0, 0.1) is 5.92 Å². The van der Waals surface area contributed by atoms with E-state index in [9.17, 15) is 4.79 Å². The second-order valence-electron chi connectivity index (χ2n) is 11.0. The molecule has 1 saturated heterocycles. The zero-order valence-corrected chi connectivity index (χ0v) is 21.6. The van der Waals surface area contributed by atoms with Crippen molar-refractivity contribution in [1.29, 1.82) is 0 Å². The zero-order chi connectivity index (χ0) is 24.9. The normalized spacial score (nSPS) is 23.1. The Morgan fingerprint density at radius 3 is 2.57 bits per heavy atom. The summed E-state index contributed by atoms with van der Waals surface area (Å²) in [6, 6.07) is 22.4. The Morgan fingerprint density at radius 2 is 1.73 bits per heavy atom. The van der Waals surface area contributed by atoms with Crippen LogP contribution in [0.5, 0.6) is 0 Å². The van der Waals surface area contributed by atoms with Gasteiger partial charge in [0.1, 0.15) is 0 Å². The number of allylic oxidation sites excluding steroid dienone is 2. The highest BCUT2D eigenvalue weighted by Crippen LogP contribution is 2.50. The van der Waals surface area contributed by atoms with Crippen LogP contribution in [0.15, 0.2) is 72.8 Å². The summed E-state index contributed by atoms with van der Waals surface area (Å²) >= 11 is 0. The molecule has 3 atom stereocenters. The molecule has 188 valence electrons. The van der Waals surface area contributed by atoms with Crippen LogP contribution in [0.3, 0.4) is 0 Å². The van der Waals surface area contributed by atoms with Crippen molar-refractivity contribution < 1.29 is 4.79 Å². The van der Waals surface area contributed by atoms with Gasteiger partial charge in [-0.25, -0.2) is 0 Å². The fraction of sp³-hybridized carbons (Fsp3) is 0.364. The topological polar surface area (TPSA) is 37.3 Å². The molecule has 3 aromatic carbocycles. The quantitative estimate of drug-likeness (QED) is 0.300. The van der Waals surface area contributed by atoms with Gasteiger partial charge in [-0.15, -0.1) is 0 Å². The lowest BCUT2D eigenvalue weighted by Gasteiger charge is -2.38. The summed E-state index contributed by atoms with van der Waals surface area (Å²) in [5.41, 5.74) is 7.25. The highest BCUT2D eigenvalue weighted by atomic mass is 16.2. The number of aryl methyl sites for hydroxylation is 1. The molecule has 2 aliphatic heterocycles. The summed E-state index contributed by atoms with van der Waals surface area (Å²) in [4.78, 5) is 15.4. The Balaban J connectivity index is 1.25. The Bertz CT molecular complexity index is 1520. The van der Waals surface area contributed by atoms with Gasteiger partial charge in [-0.3, -0.25) is 4.79 Å². The third-order valence-corrected chi connectivity index (χ3v) is 8.97. The summed E-state index contributed by atoms with van der Waals surface area (Å²) in [5, 5.41) is 6.57. The number of nitrogens with zero attached hydrogens (tertiary/aromatic N) is 2. The largest absolute Gasteiger partial charge is 0.378 e. The zero-order valence-electron chi connectivity index (χ0n) is 21.6. The van der Waals surface area contributed by atoms with E-state index in [0.29, 0.717) is 11.8 Å². The SMILES string of the molecule is CCn1c2ccccc2c2cc(C3Nc4ccc(C(=O)N5CCCCCC5)cc4C4C=CCC43)ccc21. The third-order valence-electron chi connectivity index (χ3n) is 8.97. The fourth-order valence-corrected chi connectivity index (χ4v) is 7.12. The Labute approximate surface area is 219 Å². The highest BCUT2D eigenvalue weighted by molar-refractivity contribution is 6.08. The number of benzene rings is 3. The first-order chi connectivity index (χ1) is 18.2. The number of amides is 1. The number of rotatable bonds is 3. The van der Waals surface area contributed by atoms with Gasteiger partial charge in [-0.2, -0.15) is 0 Å². The third kappa shape index (κ3) is 3.68. The maximum Gasteiger partial charge on any atom is 0.253 e. The lowest BCUT2D eigenvalue weighted by molar-refractivity contribution is 0.0761. The molecule has 4 nitrogen and oxygen atoms in total. The number of anilines is 1. The molecule has 1 amide bonds. The van der Waals surface area contributed by atoms with Crippen LogP contribution >= 0.6 is 0 Å². The molecule has 3 aliphatic rings. The standard InChI is InChI=1S/C33H35N3O/c1-2-36-30-13-6-5-10-25(30)28-20-22(15-17-31(28)36)32-26-12-9-11-24(26)27-21-23(14-16-29(27)34-32)33(37)35-18-7-3-4-8-19-35/h5-6,9-11,13-17,20-21,24,26,32,34H,2-4,7-8,12,18-19H2,1H3. The van der Waals surface area contributed by atoms with Gasteiger partial charge in [0, 0.05) is 58.6 Å². The van der Waals surface area contributed by atoms with Crippen molar-refractivity contribution in [2.45, 2.75) is 57.5 Å². The number of fused-ring (bicyclic) bond motifs is 6. The average molecular weight is 490 g/mol. The van der Waals surface area contributed by atoms with Crippen molar-refractivity contribution >= 4 is 33.4 Å². The second-order valence-corrected chi connectivity index (χ2v) is 11.0. The van der Waals surface area contributed by atoms with Crippen LogP contribution in [-0.4, -0.2) is 28.5 Å². The first-order valence-corrected chi connectivity index (χ1v) is 14.1. The fourth-order valence-electron chi connectivity index (χ4n) is 7.12. The summed E-state index contributed by atoms with van der Waals surface area (Å²) in [6.45, 7) is 4.96. The second kappa shape index (κ2) is 9.09. The predicted molar refractivity (Wildman–Crippen MR) is 152 cm³/mol. The number of aromatic nitrogens is 1. The molecule has 0 saturated carbocycles. The van der Waals surface area contributed by atoms with E-state index in [1.165, 1.54) is 51.5 Å². The van der Waals surface area contributed by atoms with E-state index in [1.807, 2.05) is 6.07 Å². The number of likely N-dealkylation sites (tertiary alicyclic amines) is 1. The first kappa shape index (κ1) is 22.7. The number of nitrogens with one attached hydrogen (secondary N) is 1. The maximum absolute atomic E-state index is 13.4. The van der Waals surface area contributed by atoms with Gasteiger partial charge in [0.2, 0.25) is 0 Å². The Morgan fingerprint density at radius 1 is 0.919 bits per heavy atom. The van der Waals surface area contributed by atoms with Crippen molar-refractivity contribution in [3.05, 3.63) is 89.5 Å². The van der Waals surface area contributed by atoms with Crippen molar-refractivity contribution in [1.82, 2.24) is 9.47 Å². The number of carbonyl (C=O) groups excluding carboxylic acids is 1. The molecular formula is C33H35N3O. The van der Waals surface area contributed by atoms with Gasteiger partial charge in [0.15, 0.2) is 0 Å². The van der Waals surface area contributed by atoms with Crippen molar-refractivity contribution in [2.75, 3.05) is 18.4 Å². The van der Waals surface area contributed by atoms with Crippen LogP contribution in [0.25, 0.3) is 21.8 Å². The van der Waals surface area contributed by atoms with E-state index in [2.05, 4.69) is 88.5 Å². The highest BCUT2D eigenvalue weighted by Gasteiger charge is 2.38. The number of para-hydroxylation sites is 1. The smallest absolute Gasteiger partial charge is 0.253 e. The van der Waals surface area contributed by atoms with E-state index >= 15 is 0 Å². The van der Waals surface area contributed by atoms with Crippen LogP contribution < -0.4 is 5.32 Å². The molecule has 7 rings (SSSR count).